The second-order valence-corrected chi connectivity index (χ2v) is 11.4. The molecule has 0 bridgehead atoms. The fraction of sp³-hybridized carbons (Fsp3) is 0.364. The molecule has 1 aliphatic rings. The molecule has 1 N–H and O–H groups in total. The highest BCUT2D eigenvalue weighted by Gasteiger charge is 2.28. The van der Waals surface area contributed by atoms with Crippen LogP contribution in [0.25, 0.3) is 27.7 Å². The summed E-state index contributed by atoms with van der Waals surface area (Å²) in [5.41, 5.74) is 5.76. The number of carbonyl (C=O) groups is 1. The van der Waals surface area contributed by atoms with E-state index in [1.807, 2.05) is 73.4 Å². The van der Waals surface area contributed by atoms with Gasteiger partial charge in [-0.15, -0.1) is 0 Å². The Balaban J connectivity index is 1.33. The van der Waals surface area contributed by atoms with Crippen LogP contribution in [0.3, 0.4) is 0 Å². The van der Waals surface area contributed by atoms with E-state index in [-0.39, 0.29) is 5.91 Å². The number of nitrogens with zero attached hydrogens (tertiary/aromatic N) is 5. The lowest BCUT2D eigenvalue weighted by atomic mass is 9.85. The van der Waals surface area contributed by atoms with E-state index in [9.17, 15) is 4.79 Å². The number of amides is 1. The predicted octanol–water partition coefficient (Wildman–Crippen LogP) is 6.05. The fourth-order valence-electron chi connectivity index (χ4n) is 6.42. The Hall–Kier alpha value is -4.37. The van der Waals surface area contributed by atoms with Crippen LogP contribution in [0.4, 0.5) is 5.69 Å². The summed E-state index contributed by atoms with van der Waals surface area (Å²) in [4.78, 5) is 25.6. The van der Waals surface area contributed by atoms with Gasteiger partial charge >= 0.3 is 0 Å². The molecule has 1 aliphatic carbocycles. The minimum Gasteiger partial charge on any atom is -0.496 e. The zero-order chi connectivity index (χ0) is 29.5. The van der Waals surface area contributed by atoms with E-state index in [2.05, 4.69) is 33.7 Å². The first-order valence-corrected chi connectivity index (χ1v) is 14.4. The number of aryl methyl sites for hydroxylation is 2. The summed E-state index contributed by atoms with van der Waals surface area (Å²) < 4.78 is 15.4. The van der Waals surface area contributed by atoms with Crippen molar-refractivity contribution in [3.05, 3.63) is 72.1 Å². The summed E-state index contributed by atoms with van der Waals surface area (Å²) in [6.45, 7) is 2.03. The fourth-order valence-corrected chi connectivity index (χ4v) is 6.42. The van der Waals surface area contributed by atoms with E-state index in [1.165, 1.54) is 0 Å². The number of fused-ring (bicyclic) bond motifs is 2. The molecule has 0 unspecified atom stereocenters. The van der Waals surface area contributed by atoms with Crippen molar-refractivity contribution in [2.45, 2.75) is 44.6 Å². The van der Waals surface area contributed by atoms with Crippen molar-refractivity contribution in [1.29, 1.82) is 0 Å². The molecule has 9 nitrogen and oxygen atoms in total. The number of aromatic nitrogens is 4. The molecule has 6 rings (SSSR count). The third-order valence-corrected chi connectivity index (χ3v) is 8.78. The van der Waals surface area contributed by atoms with Crippen LogP contribution in [0, 0.1) is 6.92 Å². The summed E-state index contributed by atoms with van der Waals surface area (Å²) in [5.74, 6) is 2.54. The van der Waals surface area contributed by atoms with Gasteiger partial charge in [-0.1, -0.05) is 12.1 Å². The Labute approximate surface area is 246 Å². The van der Waals surface area contributed by atoms with Crippen molar-refractivity contribution in [1.82, 2.24) is 23.8 Å². The molecule has 3 heterocycles. The number of hydrogen-bond acceptors (Lipinski definition) is 6. The van der Waals surface area contributed by atoms with Crippen molar-refractivity contribution in [3.8, 4) is 22.8 Å². The SMILES string of the molecule is COc1cc(-c2nc(C3CCC(N(C)C)CC3)n3ccnc(C)c23)ccc1NC(=O)c1cc2c(OC)cccc2n1C. The first kappa shape index (κ1) is 27.8. The molecule has 2 aromatic carbocycles. The lowest BCUT2D eigenvalue weighted by Gasteiger charge is -2.32. The largest absolute Gasteiger partial charge is 0.496 e. The van der Waals surface area contributed by atoms with Gasteiger partial charge in [-0.2, -0.15) is 0 Å². The van der Waals surface area contributed by atoms with Crippen LogP contribution < -0.4 is 14.8 Å². The topological polar surface area (TPSA) is 85.9 Å². The van der Waals surface area contributed by atoms with Gasteiger partial charge in [0.05, 0.1) is 42.3 Å². The normalized spacial score (nSPS) is 17.2. The molecule has 3 aromatic heterocycles. The van der Waals surface area contributed by atoms with Gasteiger partial charge in [0.2, 0.25) is 0 Å². The average Bonchev–Trinajstić information content (AvgIpc) is 3.56. The van der Waals surface area contributed by atoms with Gasteiger partial charge < -0.3 is 24.3 Å². The summed E-state index contributed by atoms with van der Waals surface area (Å²) in [7, 11) is 9.46. The number of nitrogens with one attached hydrogen (secondary N) is 1. The average molecular weight is 567 g/mol. The molecule has 0 spiro atoms. The number of benzene rings is 2. The molecular weight excluding hydrogens is 528 g/mol. The summed E-state index contributed by atoms with van der Waals surface area (Å²) in [5, 5.41) is 3.93. The first-order chi connectivity index (χ1) is 20.3. The molecule has 1 fully saturated rings. The van der Waals surface area contributed by atoms with Gasteiger partial charge in [-0.25, -0.2) is 4.98 Å². The Bertz CT molecular complexity index is 1780. The molecule has 0 aliphatic heterocycles. The van der Waals surface area contributed by atoms with E-state index >= 15 is 0 Å². The number of methoxy groups -OCH3 is 2. The standard InChI is InChI=1S/C33H38N6O3/c1-20-31-30(36-32(39(31)17-16-34-20)21-10-13-23(14-11-21)37(2)3)22-12-15-25(29(18-22)42-6)35-33(40)27-19-24-26(38(27)4)8-7-9-28(24)41-5/h7-9,12,15-19,21,23H,10-11,13-14H2,1-6H3,(H,35,40). The van der Waals surface area contributed by atoms with E-state index < -0.39 is 0 Å². The van der Waals surface area contributed by atoms with Crippen LogP contribution in [0.2, 0.25) is 0 Å². The van der Waals surface area contributed by atoms with Crippen LogP contribution in [0.15, 0.2) is 54.9 Å². The molecule has 0 saturated heterocycles. The minimum absolute atomic E-state index is 0.232. The molecule has 0 atom stereocenters. The number of carbonyl (C=O) groups excluding carboxylic acids is 1. The van der Waals surface area contributed by atoms with E-state index in [4.69, 9.17) is 14.5 Å². The predicted molar refractivity (Wildman–Crippen MR) is 166 cm³/mol. The Morgan fingerprint density at radius 1 is 1.02 bits per heavy atom. The second kappa shape index (κ2) is 11.1. The van der Waals surface area contributed by atoms with Crippen LogP contribution in [0.1, 0.15) is 53.6 Å². The van der Waals surface area contributed by atoms with Crippen LogP contribution in [0.5, 0.6) is 11.5 Å². The first-order valence-electron chi connectivity index (χ1n) is 14.4. The van der Waals surface area contributed by atoms with Gasteiger partial charge in [-0.05, 0) is 77.0 Å². The van der Waals surface area contributed by atoms with Crippen molar-refractivity contribution in [3.63, 3.8) is 0 Å². The van der Waals surface area contributed by atoms with Crippen LogP contribution in [-0.2, 0) is 7.05 Å². The maximum Gasteiger partial charge on any atom is 0.272 e. The smallest absolute Gasteiger partial charge is 0.272 e. The molecule has 42 heavy (non-hydrogen) atoms. The maximum atomic E-state index is 13.4. The highest BCUT2D eigenvalue weighted by Crippen LogP contribution is 2.39. The van der Waals surface area contributed by atoms with E-state index in [1.54, 1.807) is 14.2 Å². The molecule has 9 heteroatoms. The lowest BCUT2D eigenvalue weighted by molar-refractivity contribution is 0.101. The van der Waals surface area contributed by atoms with Gasteiger partial charge in [-0.3, -0.25) is 14.2 Å². The molecule has 0 radical (unpaired) electrons. The quantitative estimate of drug-likeness (QED) is 0.258. The van der Waals surface area contributed by atoms with Crippen molar-refractivity contribution in [2.75, 3.05) is 33.6 Å². The van der Waals surface area contributed by atoms with Gasteiger partial charge in [0.1, 0.15) is 23.0 Å². The number of ether oxygens (including phenoxy) is 2. The van der Waals surface area contributed by atoms with E-state index in [0.29, 0.717) is 29.1 Å². The van der Waals surface area contributed by atoms with Crippen LogP contribution >= 0.6 is 0 Å². The number of imidazole rings is 1. The Kier molecular flexibility index (Phi) is 7.36. The van der Waals surface area contributed by atoms with Crippen LogP contribution in [-0.4, -0.2) is 64.1 Å². The number of anilines is 1. The monoisotopic (exact) mass is 566 g/mol. The lowest BCUT2D eigenvalue weighted by Crippen LogP contribution is -2.32. The van der Waals surface area contributed by atoms with Crippen molar-refractivity contribution >= 4 is 28.0 Å². The summed E-state index contributed by atoms with van der Waals surface area (Å²) >= 11 is 0. The van der Waals surface area contributed by atoms with Gasteiger partial charge in [0, 0.05) is 42.4 Å². The molecule has 5 aromatic rings. The number of rotatable bonds is 7. The van der Waals surface area contributed by atoms with Crippen molar-refractivity contribution in [2.24, 2.45) is 7.05 Å². The zero-order valence-electron chi connectivity index (χ0n) is 25.1. The number of hydrogen-bond donors (Lipinski definition) is 1. The van der Waals surface area contributed by atoms with E-state index in [0.717, 1.165) is 70.6 Å². The molecule has 218 valence electrons. The van der Waals surface area contributed by atoms with Crippen molar-refractivity contribution < 1.29 is 14.3 Å². The Morgan fingerprint density at radius 3 is 2.50 bits per heavy atom. The maximum absolute atomic E-state index is 13.4. The summed E-state index contributed by atoms with van der Waals surface area (Å²) in [6.07, 6.45) is 8.42. The third-order valence-electron chi connectivity index (χ3n) is 8.78. The van der Waals surface area contributed by atoms with Gasteiger partial charge in [0.25, 0.3) is 5.91 Å². The molecule has 1 amide bonds. The highest BCUT2D eigenvalue weighted by atomic mass is 16.5. The second-order valence-electron chi connectivity index (χ2n) is 11.4. The zero-order valence-corrected chi connectivity index (χ0v) is 25.1. The molecular formula is C33H38N6O3. The third kappa shape index (κ3) is 4.77. The summed E-state index contributed by atoms with van der Waals surface area (Å²) in [6, 6.07) is 14.1. The minimum atomic E-state index is -0.232. The highest BCUT2D eigenvalue weighted by molar-refractivity contribution is 6.08. The molecule has 1 saturated carbocycles. The Morgan fingerprint density at radius 2 is 1.79 bits per heavy atom. The van der Waals surface area contributed by atoms with Gasteiger partial charge in [0.15, 0.2) is 0 Å².